The number of carbonyl (C=O) groups is 1. The lowest BCUT2D eigenvalue weighted by Gasteiger charge is -2.46. The van der Waals surface area contributed by atoms with Gasteiger partial charge in [-0.1, -0.05) is 39.5 Å². The van der Waals surface area contributed by atoms with E-state index in [-0.39, 0.29) is 34.7 Å². The Morgan fingerprint density at radius 2 is 1.73 bits per heavy atom. The van der Waals surface area contributed by atoms with Gasteiger partial charge < -0.3 is 9.84 Å². The number of hydrogen-bond donors (Lipinski definition) is 1. The highest BCUT2D eigenvalue weighted by atomic mass is 32.2. The summed E-state index contributed by atoms with van der Waals surface area (Å²) in [5.74, 6) is 0.367. The van der Waals surface area contributed by atoms with Gasteiger partial charge in [-0.15, -0.1) is 0 Å². The van der Waals surface area contributed by atoms with Crippen molar-refractivity contribution in [3.05, 3.63) is 0 Å². The highest BCUT2D eigenvalue weighted by molar-refractivity contribution is 7.92. The molecular weight excluding hydrogens is 400 g/mol. The third-order valence-corrected chi connectivity index (χ3v) is 11.3. The number of sulfone groups is 1. The number of carbonyl (C=O) groups excluding carboxylic acids is 1. The van der Waals surface area contributed by atoms with Crippen molar-refractivity contribution < 1.29 is 23.1 Å². The zero-order valence-electron chi connectivity index (χ0n) is 19.1. The molecule has 0 spiro atoms. The molecule has 5 atom stereocenters. The van der Waals surface area contributed by atoms with Crippen molar-refractivity contribution >= 4 is 15.8 Å². The van der Waals surface area contributed by atoms with Crippen LogP contribution in [0.2, 0.25) is 0 Å². The molecule has 2 saturated carbocycles. The van der Waals surface area contributed by atoms with Crippen LogP contribution in [0.1, 0.15) is 90.9 Å². The van der Waals surface area contributed by atoms with Gasteiger partial charge >= 0.3 is 5.97 Å². The lowest BCUT2D eigenvalue weighted by atomic mass is 9.60. The molecule has 0 aromatic carbocycles. The second-order valence-corrected chi connectivity index (χ2v) is 12.5. The molecule has 3 rings (SSSR count). The van der Waals surface area contributed by atoms with Crippen LogP contribution in [-0.4, -0.2) is 43.7 Å². The lowest BCUT2D eigenvalue weighted by Crippen LogP contribution is -2.47. The monoisotopic (exact) mass is 442 g/mol. The molecule has 0 amide bonds. The lowest BCUT2D eigenvalue weighted by molar-refractivity contribution is -0.147. The summed E-state index contributed by atoms with van der Waals surface area (Å²) in [4.78, 5) is 12.0. The van der Waals surface area contributed by atoms with Crippen LogP contribution in [-0.2, 0) is 19.4 Å². The van der Waals surface area contributed by atoms with Crippen LogP contribution >= 0.6 is 0 Å². The Labute approximate surface area is 183 Å². The van der Waals surface area contributed by atoms with Gasteiger partial charge in [-0.25, -0.2) is 8.42 Å². The minimum atomic E-state index is -3.24. The van der Waals surface area contributed by atoms with Gasteiger partial charge in [0.05, 0.1) is 30.1 Å². The van der Waals surface area contributed by atoms with E-state index >= 15 is 0 Å². The van der Waals surface area contributed by atoms with Gasteiger partial charge in [0.15, 0.2) is 9.84 Å². The van der Waals surface area contributed by atoms with Crippen molar-refractivity contribution in [2.24, 2.45) is 29.1 Å². The van der Waals surface area contributed by atoms with E-state index in [1.54, 1.807) is 0 Å². The topological polar surface area (TPSA) is 80.7 Å². The molecule has 30 heavy (non-hydrogen) atoms. The number of aliphatic hydroxyl groups excluding tert-OH is 1. The summed E-state index contributed by atoms with van der Waals surface area (Å²) in [7, 11) is -1.79. The first-order valence-corrected chi connectivity index (χ1v) is 14.0. The molecule has 0 bridgehead atoms. The summed E-state index contributed by atoms with van der Waals surface area (Å²) in [5.41, 5.74) is -0.532. The normalized spacial score (nSPS) is 41.5. The number of aliphatic hydroxyl groups is 1. The number of ether oxygens (including phenoxy) is 1. The Hall–Kier alpha value is -0.620. The largest absolute Gasteiger partial charge is 0.469 e. The quantitative estimate of drug-likeness (QED) is 0.612. The molecule has 1 saturated heterocycles. The summed E-state index contributed by atoms with van der Waals surface area (Å²) in [5, 5.41) is 11.6. The Balaban J connectivity index is 1.94. The van der Waals surface area contributed by atoms with Crippen LogP contribution in [0.4, 0.5) is 0 Å². The van der Waals surface area contributed by atoms with E-state index in [4.69, 9.17) is 4.74 Å². The van der Waals surface area contributed by atoms with Gasteiger partial charge in [0.2, 0.25) is 0 Å². The minimum Gasteiger partial charge on any atom is -0.469 e. The maximum absolute atomic E-state index is 13.6. The van der Waals surface area contributed by atoms with Crippen molar-refractivity contribution in [1.82, 2.24) is 0 Å². The number of esters is 1. The predicted octanol–water partition coefficient (Wildman–Crippen LogP) is 4.52. The highest BCUT2D eigenvalue weighted by Crippen LogP contribution is 2.53. The fourth-order valence-corrected chi connectivity index (χ4v) is 9.91. The van der Waals surface area contributed by atoms with E-state index in [1.807, 2.05) is 0 Å². The Kier molecular flexibility index (Phi) is 7.92. The van der Waals surface area contributed by atoms with Crippen LogP contribution in [0, 0.1) is 29.1 Å². The Morgan fingerprint density at radius 1 is 1.07 bits per heavy atom. The Morgan fingerprint density at radius 3 is 2.33 bits per heavy atom. The SMILES string of the molecule is CCCC[C@]1(CC)CS(=O)(=O)C2CCCCC2[C@@H](C2CCC(C(=O)OC)CC2)C1O. The second kappa shape index (κ2) is 9.89. The summed E-state index contributed by atoms with van der Waals surface area (Å²) < 4.78 is 32.1. The average Bonchev–Trinajstić information content (AvgIpc) is 2.83. The molecule has 1 N–H and O–H groups in total. The van der Waals surface area contributed by atoms with Crippen LogP contribution in [0.5, 0.6) is 0 Å². The molecule has 0 radical (unpaired) electrons. The third-order valence-electron chi connectivity index (χ3n) is 8.77. The molecule has 3 fully saturated rings. The number of unbranched alkanes of at least 4 members (excludes halogenated alkanes) is 1. The average molecular weight is 443 g/mol. The number of fused-ring (bicyclic) bond motifs is 1. The van der Waals surface area contributed by atoms with E-state index in [1.165, 1.54) is 7.11 Å². The molecular formula is C24H42O5S. The molecule has 3 aliphatic rings. The van der Waals surface area contributed by atoms with Gasteiger partial charge in [-0.05, 0) is 69.1 Å². The first-order valence-electron chi connectivity index (χ1n) is 12.3. The van der Waals surface area contributed by atoms with Gasteiger partial charge in [0, 0.05) is 5.41 Å². The first-order chi connectivity index (χ1) is 14.3. The van der Waals surface area contributed by atoms with Crippen molar-refractivity contribution in [3.8, 4) is 0 Å². The van der Waals surface area contributed by atoms with Gasteiger partial charge in [0.25, 0.3) is 0 Å². The van der Waals surface area contributed by atoms with Crippen LogP contribution in [0.25, 0.3) is 0 Å². The van der Waals surface area contributed by atoms with Crippen molar-refractivity contribution in [2.45, 2.75) is 102 Å². The van der Waals surface area contributed by atoms with E-state index in [9.17, 15) is 18.3 Å². The Bertz CT molecular complexity index is 682. The second-order valence-electron chi connectivity index (χ2n) is 10.3. The van der Waals surface area contributed by atoms with Crippen LogP contribution in [0.3, 0.4) is 0 Å². The molecule has 1 aliphatic heterocycles. The fourth-order valence-electron chi connectivity index (χ4n) is 7.00. The zero-order valence-corrected chi connectivity index (χ0v) is 20.0. The maximum atomic E-state index is 13.6. The number of methoxy groups -OCH3 is 1. The summed E-state index contributed by atoms with van der Waals surface area (Å²) >= 11 is 0. The number of hydrogen-bond acceptors (Lipinski definition) is 5. The molecule has 5 nitrogen and oxygen atoms in total. The van der Waals surface area contributed by atoms with E-state index < -0.39 is 21.4 Å². The maximum Gasteiger partial charge on any atom is 0.308 e. The van der Waals surface area contributed by atoms with Crippen LogP contribution in [0.15, 0.2) is 0 Å². The smallest absolute Gasteiger partial charge is 0.308 e. The predicted molar refractivity (Wildman–Crippen MR) is 119 cm³/mol. The van der Waals surface area contributed by atoms with Crippen LogP contribution < -0.4 is 0 Å². The van der Waals surface area contributed by atoms with E-state index in [0.29, 0.717) is 12.3 Å². The third kappa shape index (κ3) is 4.60. The van der Waals surface area contributed by atoms with E-state index in [0.717, 1.165) is 70.6 Å². The van der Waals surface area contributed by atoms with Gasteiger partial charge in [-0.2, -0.15) is 0 Å². The molecule has 2 aliphatic carbocycles. The zero-order chi connectivity index (χ0) is 21.9. The van der Waals surface area contributed by atoms with Gasteiger partial charge in [-0.3, -0.25) is 4.79 Å². The number of rotatable bonds is 6. The molecule has 0 aromatic heterocycles. The van der Waals surface area contributed by atoms with E-state index in [2.05, 4.69) is 13.8 Å². The molecule has 1 heterocycles. The molecule has 0 aromatic rings. The summed E-state index contributed by atoms with van der Waals surface area (Å²) in [6.07, 6.45) is 9.95. The fraction of sp³-hybridized carbons (Fsp3) is 0.958. The molecule has 174 valence electrons. The van der Waals surface area contributed by atoms with Crippen molar-refractivity contribution in [3.63, 3.8) is 0 Å². The highest BCUT2D eigenvalue weighted by Gasteiger charge is 2.56. The van der Waals surface area contributed by atoms with Gasteiger partial charge in [0.1, 0.15) is 0 Å². The molecule has 3 unspecified atom stereocenters. The standard InChI is InChI=1S/C24H42O5S/c1-4-6-15-24(5-2)16-30(27,28)20-10-8-7-9-19(20)21(22(24)25)17-11-13-18(14-12-17)23(26)29-3/h17-22,25H,4-16H2,1-3H3/t17?,18?,19?,20?,21-,22?,24-/m1/s1. The summed E-state index contributed by atoms with van der Waals surface area (Å²) in [6.45, 7) is 4.20. The molecule has 6 heteroatoms. The van der Waals surface area contributed by atoms with Crippen molar-refractivity contribution in [1.29, 1.82) is 0 Å². The summed E-state index contributed by atoms with van der Waals surface area (Å²) in [6, 6.07) is 0. The van der Waals surface area contributed by atoms with Crippen molar-refractivity contribution in [2.75, 3.05) is 12.9 Å². The first kappa shape index (κ1) is 24.0. The minimum absolute atomic E-state index is 0.0305.